The van der Waals surface area contributed by atoms with E-state index in [4.69, 9.17) is 9.72 Å². The van der Waals surface area contributed by atoms with E-state index in [-0.39, 0.29) is 10.8 Å². The van der Waals surface area contributed by atoms with Crippen molar-refractivity contribution in [3.63, 3.8) is 0 Å². The smallest absolute Gasteiger partial charge is 0.183 e. The summed E-state index contributed by atoms with van der Waals surface area (Å²) in [5.74, 6) is 2.53. The molecule has 3 fully saturated rings. The number of nitrogens with one attached hydrogen (secondary N) is 1. The molecule has 5 nitrogen and oxygen atoms in total. The summed E-state index contributed by atoms with van der Waals surface area (Å²) in [7, 11) is 0. The lowest BCUT2D eigenvalue weighted by Crippen LogP contribution is -2.49. The molecule has 2 heterocycles. The van der Waals surface area contributed by atoms with Gasteiger partial charge in [0, 0.05) is 36.3 Å². The predicted molar refractivity (Wildman–Crippen MR) is 134 cm³/mol. The van der Waals surface area contributed by atoms with Crippen LogP contribution in [0.3, 0.4) is 0 Å². The molecular formula is C27H39N3O2S. The van der Waals surface area contributed by atoms with Crippen molar-refractivity contribution in [2.75, 3.05) is 44.7 Å². The number of fused-ring (bicyclic) bond motifs is 7. The maximum Gasteiger partial charge on any atom is 0.183 e. The number of allylic oxidation sites excluding steroid dienone is 2. The van der Waals surface area contributed by atoms with Crippen LogP contribution in [0, 0.1) is 28.6 Å². The van der Waals surface area contributed by atoms with Gasteiger partial charge in [-0.25, -0.2) is 4.98 Å². The molecule has 4 aliphatic carbocycles. The monoisotopic (exact) mass is 469 g/mol. The molecule has 1 saturated heterocycles. The molecule has 0 aromatic carbocycles. The highest BCUT2D eigenvalue weighted by atomic mass is 32.1. The zero-order valence-corrected chi connectivity index (χ0v) is 21.1. The highest BCUT2D eigenvalue weighted by molar-refractivity contribution is 7.15. The molecule has 6 heteroatoms. The zero-order valence-electron chi connectivity index (χ0n) is 20.3. The van der Waals surface area contributed by atoms with Crippen LogP contribution in [0.2, 0.25) is 0 Å². The number of nitrogens with zero attached hydrogens (tertiary/aromatic N) is 2. The Balaban J connectivity index is 1.16. The van der Waals surface area contributed by atoms with Crippen LogP contribution in [0.4, 0.5) is 5.13 Å². The first-order valence-electron chi connectivity index (χ1n) is 13.3. The number of anilines is 1. The van der Waals surface area contributed by atoms with E-state index < -0.39 is 0 Å². The highest BCUT2D eigenvalue weighted by Gasteiger charge is 2.58. The number of carbonyl (C=O) groups is 1. The van der Waals surface area contributed by atoms with Gasteiger partial charge in [0.25, 0.3) is 0 Å². The van der Waals surface area contributed by atoms with Crippen molar-refractivity contribution in [2.24, 2.45) is 28.6 Å². The lowest BCUT2D eigenvalue weighted by atomic mass is 9.48. The first-order valence-corrected chi connectivity index (χ1v) is 14.1. The topological polar surface area (TPSA) is 54.5 Å². The van der Waals surface area contributed by atoms with E-state index in [1.807, 2.05) is 11.3 Å². The molecule has 0 radical (unpaired) electrons. The first-order chi connectivity index (χ1) is 16.0. The molecule has 0 bridgehead atoms. The van der Waals surface area contributed by atoms with Crippen LogP contribution < -0.4 is 5.32 Å². The fourth-order valence-electron chi connectivity index (χ4n) is 8.06. The van der Waals surface area contributed by atoms with Gasteiger partial charge in [0.05, 0.1) is 18.9 Å². The molecule has 33 heavy (non-hydrogen) atoms. The molecule has 5 aliphatic rings. The van der Waals surface area contributed by atoms with Crippen LogP contribution in [-0.2, 0) is 16.0 Å². The third-order valence-electron chi connectivity index (χ3n) is 10.0. The van der Waals surface area contributed by atoms with Crippen molar-refractivity contribution in [1.29, 1.82) is 0 Å². The van der Waals surface area contributed by atoms with Crippen molar-refractivity contribution in [2.45, 2.75) is 65.2 Å². The van der Waals surface area contributed by atoms with Gasteiger partial charge in [0.2, 0.25) is 0 Å². The number of hydrogen-bond donors (Lipinski definition) is 1. The lowest BCUT2D eigenvalue weighted by Gasteiger charge is -2.55. The third-order valence-corrected chi connectivity index (χ3v) is 11.1. The number of aromatic nitrogens is 1. The normalized spacial score (nSPS) is 38.2. The maximum absolute atomic E-state index is 12.7. The van der Waals surface area contributed by atoms with Gasteiger partial charge in [-0.15, -0.1) is 11.3 Å². The highest BCUT2D eigenvalue weighted by Crippen LogP contribution is 2.65. The molecule has 6 rings (SSSR count). The fourth-order valence-corrected chi connectivity index (χ4v) is 9.06. The van der Waals surface area contributed by atoms with Crippen LogP contribution in [0.5, 0.6) is 0 Å². The summed E-state index contributed by atoms with van der Waals surface area (Å²) in [6.07, 6.45) is 11.5. The van der Waals surface area contributed by atoms with Crippen molar-refractivity contribution in [3.05, 3.63) is 16.6 Å². The SMILES string of the molecule is C[C@]12CCc3sc(NCCCN4CCOCC4)nc3C1=CC[C@@H]1[C@@H]2CC[C@]2(C)C(=O)CC[C@@H]12. The quantitative estimate of drug-likeness (QED) is 0.613. The summed E-state index contributed by atoms with van der Waals surface area (Å²) in [5.41, 5.74) is 3.00. The van der Waals surface area contributed by atoms with Crippen LogP contribution in [0.1, 0.15) is 69.4 Å². The summed E-state index contributed by atoms with van der Waals surface area (Å²) >= 11 is 1.88. The minimum absolute atomic E-state index is 0.0400. The molecular weight excluding hydrogens is 430 g/mol. The second-order valence-electron chi connectivity index (χ2n) is 11.6. The van der Waals surface area contributed by atoms with Crippen LogP contribution in [0.15, 0.2) is 6.08 Å². The summed E-state index contributed by atoms with van der Waals surface area (Å²) in [6, 6.07) is 0. The average Bonchev–Trinajstić information content (AvgIpc) is 3.37. The number of morpholine rings is 1. The van der Waals surface area contributed by atoms with E-state index in [9.17, 15) is 4.79 Å². The summed E-state index contributed by atoms with van der Waals surface area (Å²) in [4.78, 5) is 21.8. The number of carbonyl (C=O) groups excluding carboxylic acids is 1. The molecule has 1 N–H and O–H groups in total. The van der Waals surface area contributed by atoms with E-state index in [1.165, 1.54) is 29.0 Å². The number of ketones is 1. The minimum atomic E-state index is -0.0400. The standard InChI is InChI=1S/C27H39N3O2S/c1-26-11-9-22-24(29-25(33-22)28-12-3-13-30-14-16-32-17-15-30)21(26)5-4-18-19-6-7-23(31)27(19,2)10-8-20(18)26/h5,18-20H,3-4,6-17H2,1-2H3,(H,28,29)/t18-,19-,20-,26+,27-/m0/s1. The van der Waals surface area contributed by atoms with Gasteiger partial charge in [-0.2, -0.15) is 0 Å². The fraction of sp³-hybridized carbons (Fsp3) is 0.778. The van der Waals surface area contributed by atoms with Gasteiger partial charge >= 0.3 is 0 Å². The molecule has 2 saturated carbocycles. The summed E-state index contributed by atoms with van der Waals surface area (Å²) < 4.78 is 5.45. The van der Waals surface area contributed by atoms with Crippen molar-refractivity contribution in [1.82, 2.24) is 9.88 Å². The Kier molecular flexibility index (Phi) is 5.70. The minimum Gasteiger partial charge on any atom is -0.379 e. The maximum atomic E-state index is 12.7. The first kappa shape index (κ1) is 22.2. The van der Waals surface area contributed by atoms with Crippen LogP contribution in [-0.4, -0.2) is 55.1 Å². The van der Waals surface area contributed by atoms with E-state index in [2.05, 4.69) is 30.1 Å². The molecule has 0 amide bonds. The Morgan fingerprint density at radius 3 is 2.82 bits per heavy atom. The molecule has 0 unspecified atom stereocenters. The number of Topliss-reactive ketones (excluding diaryl/α,β-unsaturated/α-hetero) is 1. The van der Waals surface area contributed by atoms with Gasteiger partial charge in [-0.1, -0.05) is 19.9 Å². The molecule has 1 aromatic heterocycles. The van der Waals surface area contributed by atoms with Crippen LogP contribution in [0.25, 0.3) is 5.57 Å². The Morgan fingerprint density at radius 1 is 1.15 bits per heavy atom. The second-order valence-corrected chi connectivity index (χ2v) is 12.7. The number of ether oxygens (including phenoxy) is 1. The van der Waals surface area contributed by atoms with Crippen molar-refractivity contribution >= 4 is 27.8 Å². The van der Waals surface area contributed by atoms with E-state index >= 15 is 0 Å². The molecule has 1 aliphatic heterocycles. The Labute approximate surface area is 202 Å². The molecule has 180 valence electrons. The van der Waals surface area contributed by atoms with E-state index in [1.54, 1.807) is 0 Å². The number of hydrogen-bond acceptors (Lipinski definition) is 6. The summed E-state index contributed by atoms with van der Waals surface area (Å²) in [5, 5.41) is 4.73. The van der Waals surface area contributed by atoms with Gasteiger partial charge in [0.1, 0.15) is 5.78 Å². The largest absolute Gasteiger partial charge is 0.379 e. The van der Waals surface area contributed by atoms with Crippen LogP contribution >= 0.6 is 11.3 Å². The number of rotatable bonds is 5. The second kappa shape index (κ2) is 8.46. The molecule has 1 aromatic rings. The van der Waals surface area contributed by atoms with E-state index in [0.29, 0.717) is 23.5 Å². The molecule has 5 atom stereocenters. The summed E-state index contributed by atoms with van der Waals surface area (Å²) in [6.45, 7) is 10.8. The Morgan fingerprint density at radius 2 is 1.97 bits per heavy atom. The average molecular weight is 470 g/mol. The number of aryl methyl sites for hydroxylation is 1. The van der Waals surface area contributed by atoms with Gasteiger partial charge < -0.3 is 10.1 Å². The van der Waals surface area contributed by atoms with Gasteiger partial charge in [-0.3, -0.25) is 9.69 Å². The zero-order chi connectivity index (χ0) is 22.6. The van der Waals surface area contributed by atoms with E-state index in [0.717, 1.165) is 83.0 Å². The van der Waals surface area contributed by atoms with Gasteiger partial charge in [0.15, 0.2) is 5.13 Å². The third kappa shape index (κ3) is 3.63. The lowest BCUT2D eigenvalue weighted by molar-refractivity contribution is -0.131. The molecule has 0 spiro atoms. The van der Waals surface area contributed by atoms with Crippen molar-refractivity contribution in [3.8, 4) is 0 Å². The Hall–Kier alpha value is -1.24. The number of thiazole rings is 1. The Bertz CT molecular complexity index is 951. The van der Waals surface area contributed by atoms with Gasteiger partial charge in [-0.05, 0) is 80.2 Å². The van der Waals surface area contributed by atoms with Crippen molar-refractivity contribution < 1.29 is 9.53 Å². The predicted octanol–water partition coefficient (Wildman–Crippen LogP) is 5.03.